The smallest absolute Gasteiger partial charge is 0.406 e. The fourth-order valence-corrected chi connectivity index (χ4v) is 3.30. The third-order valence-corrected chi connectivity index (χ3v) is 5.10. The quantitative estimate of drug-likeness (QED) is 0.138. The van der Waals surface area contributed by atoms with Gasteiger partial charge in [0, 0.05) is 5.69 Å². The summed E-state index contributed by atoms with van der Waals surface area (Å²) >= 11 is 0. The third kappa shape index (κ3) is 7.18. The van der Waals surface area contributed by atoms with Gasteiger partial charge in [0.25, 0.3) is 0 Å². The van der Waals surface area contributed by atoms with Gasteiger partial charge in [0.05, 0.1) is 16.8 Å². The number of ether oxygens (including phenoxy) is 1. The van der Waals surface area contributed by atoms with E-state index < -0.39 is 46.9 Å². The summed E-state index contributed by atoms with van der Waals surface area (Å²) in [6.07, 6.45) is -9.49. The Kier molecular flexibility index (Phi) is 7.84. The average molecular weight is 568 g/mol. The maximum atomic E-state index is 14.5. The van der Waals surface area contributed by atoms with Crippen LogP contribution in [-0.2, 0) is 6.18 Å². The molecule has 4 rings (SSSR count). The van der Waals surface area contributed by atoms with Gasteiger partial charge in [-0.25, -0.2) is 14.2 Å². The van der Waals surface area contributed by atoms with Gasteiger partial charge in [0.2, 0.25) is 11.9 Å². The molecule has 0 unspecified atom stereocenters. The molecule has 0 amide bonds. The number of halogens is 8. The maximum absolute atomic E-state index is 14.5. The maximum Gasteiger partial charge on any atom is 0.573 e. The number of hydrazone groups is 1. The average Bonchev–Trinajstić information content (AvgIpc) is 2.86. The summed E-state index contributed by atoms with van der Waals surface area (Å²) in [6.45, 7) is 1.49. The van der Waals surface area contributed by atoms with Gasteiger partial charge < -0.3 is 10.1 Å². The molecule has 4 aromatic rings. The second-order valence-electron chi connectivity index (χ2n) is 7.99. The summed E-state index contributed by atoms with van der Waals surface area (Å²) in [7, 11) is 0. The zero-order chi connectivity index (χ0) is 29.1. The molecule has 15 heteroatoms. The van der Waals surface area contributed by atoms with Crippen molar-refractivity contribution in [1.82, 2.24) is 15.0 Å². The van der Waals surface area contributed by atoms with Crippen LogP contribution in [0.3, 0.4) is 0 Å². The number of hydrogen-bond donors (Lipinski definition) is 2. The molecule has 0 aliphatic carbocycles. The zero-order valence-corrected chi connectivity index (χ0v) is 20.1. The highest BCUT2D eigenvalue weighted by Gasteiger charge is 2.31. The van der Waals surface area contributed by atoms with E-state index in [0.29, 0.717) is 5.56 Å². The molecule has 0 saturated carbocycles. The van der Waals surface area contributed by atoms with Crippen LogP contribution in [-0.4, -0.2) is 27.0 Å². The van der Waals surface area contributed by atoms with Crippen LogP contribution in [0.5, 0.6) is 5.75 Å². The fraction of sp³-hybridized carbons (Fsp3) is 0.120. The molecular weight excluding hydrogens is 552 g/mol. The molecule has 0 radical (unpaired) electrons. The SMILES string of the molecule is C/C(=N\Nc1nc(Nc2cccc(C(F)(F)F)c2)nc(-c2c(F)cccc2F)n1)c1ccc(OC(F)(F)F)cc1. The van der Waals surface area contributed by atoms with Crippen LogP contribution in [0.15, 0.2) is 71.8 Å². The molecule has 0 aliphatic rings. The van der Waals surface area contributed by atoms with Gasteiger partial charge in [-0.05, 0) is 67.1 Å². The van der Waals surface area contributed by atoms with Crippen LogP contribution in [0.2, 0.25) is 0 Å². The summed E-state index contributed by atoms with van der Waals surface area (Å²) in [5, 5.41) is 6.58. The van der Waals surface area contributed by atoms with Crippen molar-refractivity contribution in [3.8, 4) is 17.1 Å². The topological polar surface area (TPSA) is 84.3 Å². The Morgan fingerprint density at radius 2 is 1.43 bits per heavy atom. The van der Waals surface area contributed by atoms with E-state index in [1.807, 2.05) is 0 Å². The van der Waals surface area contributed by atoms with Crippen LogP contribution in [0.4, 0.5) is 52.7 Å². The lowest BCUT2D eigenvalue weighted by atomic mass is 10.1. The van der Waals surface area contributed by atoms with Crippen molar-refractivity contribution in [1.29, 1.82) is 0 Å². The number of hydrogen-bond acceptors (Lipinski definition) is 7. The Labute approximate surface area is 220 Å². The van der Waals surface area contributed by atoms with Gasteiger partial charge in [0.1, 0.15) is 17.4 Å². The lowest BCUT2D eigenvalue weighted by molar-refractivity contribution is -0.274. The Bertz CT molecular complexity index is 1520. The molecule has 40 heavy (non-hydrogen) atoms. The first kappa shape index (κ1) is 28.2. The molecule has 0 atom stereocenters. The van der Waals surface area contributed by atoms with Crippen LogP contribution < -0.4 is 15.5 Å². The Morgan fingerprint density at radius 1 is 0.800 bits per heavy atom. The normalized spacial score (nSPS) is 12.3. The number of nitrogens with one attached hydrogen (secondary N) is 2. The Morgan fingerprint density at radius 3 is 2.05 bits per heavy atom. The molecule has 0 spiro atoms. The van der Waals surface area contributed by atoms with Crippen molar-refractivity contribution in [2.24, 2.45) is 5.10 Å². The molecule has 0 fully saturated rings. The van der Waals surface area contributed by atoms with Gasteiger partial charge in [0.15, 0.2) is 5.82 Å². The van der Waals surface area contributed by atoms with Crippen molar-refractivity contribution in [3.63, 3.8) is 0 Å². The molecule has 0 bridgehead atoms. The van der Waals surface area contributed by atoms with Gasteiger partial charge in [-0.1, -0.05) is 12.1 Å². The van der Waals surface area contributed by atoms with Gasteiger partial charge in [-0.2, -0.15) is 33.2 Å². The predicted octanol–water partition coefficient (Wildman–Crippen LogP) is 7.31. The lowest BCUT2D eigenvalue weighted by Gasteiger charge is -2.12. The monoisotopic (exact) mass is 568 g/mol. The standard InChI is InChI=1S/C25H16F8N6O/c1-13(14-8-10-17(11-9-14)40-25(31,32)33)38-39-23-36-21(20-18(26)6-3-7-19(20)27)35-22(37-23)34-16-5-2-4-15(12-16)24(28,29)30/h2-12H,1H3,(H2,34,35,36,37,39)/b38-13+. The van der Waals surface area contributed by atoms with E-state index in [-0.39, 0.29) is 23.3 Å². The number of aromatic nitrogens is 3. The summed E-state index contributed by atoms with van der Waals surface area (Å²) in [5.41, 5.74) is 1.41. The molecule has 2 N–H and O–H groups in total. The van der Waals surface area contributed by atoms with Gasteiger partial charge >= 0.3 is 12.5 Å². The Balaban J connectivity index is 1.66. The molecule has 1 heterocycles. The van der Waals surface area contributed by atoms with Crippen molar-refractivity contribution in [3.05, 3.63) is 89.5 Å². The first-order valence-electron chi connectivity index (χ1n) is 11.1. The summed E-state index contributed by atoms with van der Waals surface area (Å²) < 4.78 is 109. The lowest BCUT2D eigenvalue weighted by Crippen LogP contribution is -2.17. The van der Waals surface area contributed by atoms with E-state index >= 15 is 0 Å². The van der Waals surface area contributed by atoms with E-state index in [1.54, 1.807) is 0 Å². The van der Waals surface area contributed by atoms with Crippen LogP contribution in [0.25, 0.3) is 11.4 Å². The molecular formula is C25H16F8N6O. The number of anilines is 3. The molecule has 0 aliphatic heterocycles. The number of benzene rings is 3. The number of nitrogens with zero attached hydrogens (tertiary/aromatic N) is 4. The van der Waals surface area contributed by atoms with E-state index in [4.69, 9.17) is 0 Å². The minimum absolute atomic E-state index is 0.0761. The Hall–Kier alpha value is -4.82. The molecule has 208 valence electrons. The van der Waals surface area contributed by atoms with E-state index in [2.05, 4.69) is 35.5 Å². The molecule has 1 aromatic heterocycles. The minimum atomic E-state index is -4.86. The highest BCUT2D eigenvalue weighted by molar-refractivity contribution is 5.99. The molecule has 7 nitrogen and oxygen atoms in total. The highest BCUT2D eigenvalue weighted by Crippen LogP contribution is 2.32. The van der Waals surface area contributed by atoms with E-state index in [9.17, 15) is 35.1 Å². The van der Waals surface area contributed by atoms with Crippen LogP contribution in [0, 0.1) is 11.6 Å². The predicted molar refractivity (Wildman–Crippen MR) is 129 cm³/mol. The fourth-order valence-electron chi connectivity index (χ4n) is 3.30. The van der Waals surface area contributed by atoms with E-state index in [1.165, 1.54) is 25.1 Å². The van der Waals surface area contributed by atoms with E-state index in [0.717, 1.165) is 48.5 Å². The number of rotatable bonds is 7. The van der Waals surface area contributed by atoms with Crippen molar-refractivity contribution >= 4 is 23.3 Å². The first-order valence-corrected chi connectivity index (χ1v) is 11.1. The van der Waals surface area contributed by atoms with Gasteiger partial charge in [-0.15, -0.1) is 13.2 Å². The van der Waals surface area contributed by atoms with Crippen LogP contribution >= 0.6 is 0 Å². The van der Waals surface area contributed by atoms with Gasteiger partial charge in [-0.3, -0.25) is 0 Å². The van der Waals surface area contributed by atoms with Crippen molar-refractivity contribution < 1.29 is 39.9 Å². The zero-order valence-electron chi connectivity index (χ0n) is 20.1. The highest BCUT2D eigenvalue weighted by atomic mass is 19.4. The second kappa shape index (κ2) is 11.1. The van der Waals surface area contributed by atoms with Crippen LogP contribution in [0.1, 0.15) is 18.1 Å². The first-order chi connectivity index (χ1) is 18.8. The second-order valence-corrected chi connectivity index (χ2v) is 7.99. The summed E-state index contributed by atoms with van der Waals surface area (Å²) in [4.78, 5) is 11.9. The number of alkyl halides is 6. The van der Waals surface area contributed by atoms with Crippen molar-refractivity contribution in [2.75, 3.05) is 10.7 Å². The third-order valence-electron chi connectivity index (χ3n) is 5.10. The largest absolute Gasteiger partial charge is 0.573 e. The van der Waals surface area contributed by atoms with Crippen molar-refractivity contribution in [2.45, 2.75) is 19.5 Å². The summed E-state index contributed by atoms with van der Waals surface area (Å²) in [5.74, 6) is -3.68. The minimum Gasteiger partial charge on any atom is -0.406 e. The summed E-state index contributed by atoms with van der Waals surface area (Å²) in [6, 6.07) is 11.9. The molecule has 3 aromatic carbocycles. The molecule has 0 saturated heterocycles.